The summed E-state index contributed by atoms with van der Waals surface area (Å²) in [6, 6.07) is 0. The fourth-order valence-electron chi connectivity index (χ4n) is 0.577. The van der Waals surface area contributed by atoms with Gasteiger partial charge in [0.15, 0.2) is 0 Å². The molecule has 1 unspecified atom stereocenters. The van der Waals surface area contributed by atoms with Crippen LogP contribution in [0.25, 0.3) is 0 Å². The maximum Gasteiger partial charge on any atom is 0.350 e. The molecule has 0 aliphatic rings. The number of esters is 1. The molecular weight excluding hydrogens is 214 g/mol. The largest absolute Gasteiger partial charge is 0.456 e. The van der Waals surface area contributed by atoms with Crippen molar-refractivity contribution in [3.8, 4) is 0 Å². The topological polar surface area (TPSA) is 55.7 Å². The Hall–Kier alpha value is -0.710. The SMILES string of the molecule is CC(C)(C)OC(=O)/C=N/S(=O)C(C)(C)C. The normalized spacial score (nSPS) is 15.3. The molecule has 88 valence electrons. The first-order valence-electron chi connectivity index (χ1n) is 4.71. The third kappa shape index (κ3) is 7.25. The second kappa shape index (κ2) is 4.88. The number of carbonyl (C=O) groups excluding carboxylic acids is 1. The Kier molecular flexibility index (Phi) is 4.65. The summed E-state index contributed by atoms with van der Waals surface area (Å²) in [5.74, 6) is -0.569. The van der Waals surface area contributed by atoms with E-state index in [-0.39, 0.29) is 0 Å². The average molecular weight is 233 g/mol. The Labute approximate surface area is 93.7 Å². The molecule has 0 aliphatic heterocycles. The van der Waals surface area contributed by atoms with Crippen LogP contribution >= 0.6 is 0 Å². The first-order chi connectivity index (χ1) is 6.52. The van der Waals surface area contributed by atoms with E-state index in [4.69, 9.17) is 4.74 Å². The lowest BCUT2D eigenvalue weighted by molar-refractivity contribution is -0.145. The number of hydrogen-bond donors (Lipinski definition) is 0. The monoisotopic (exact) mass is 233 g/mol. The van der Waals surface area contributed by atoms with Gasteiger partial charge in [0.1, 0.15) is 22.8 Å². The van der Waals surface area contributed by atoms with Crippen LogP contribution in [0, 0.1) is 0 Å². The van der Waals surface area contributed by atoms with Crippen LogP contribution in [0.2, 0.25) is 0 Å². The van der Waals surface area contributed by atoms with Crippen molar-refractivity contribution in [2.45, 2.75) is 51.9 Å². The number of ether oxygens (including phenoxy) is 1. The van der Waals surface area contributed by atoms with Crippen LogP contribution in [0.4, 0.5) is 0 Å². The lowest BCUT2D eigenvalue weighted by Crippen LogP contribution is -2.25. The average Bonchev–Trinajstić information content (AvgIpc) is 1.94. The van der Waals surface area contributed by atoms with Crippen molar-refractivity contribution in [1.82, 2.24) is 0 Å². The van der Waals surface area contributed by atoms with E-state index in [2.05, 4.69) is 4.40 Å². The lowest BCUT2D eigenvalue weighted by Gasteiger charge is -2.18. The Morgan fingerprint density at radius 3 is 2.00 bits per heavy atom. The van der Waals surface area contributed by atoms with Crippen LogP contribution in [-0.2, 0) is 20.5 Å². The summed E-state index contributed by atoms with van der Waals surface area (Å²) >= 11 is 0. The zero-order valence-corrected chi connectivity index (χ0v) is 11.0. The third-order valence-electron chi connectivity index (χ3n) is 1.18. The van der Waals surface area contributed by atoms with Gasteiger partial charge in [0, 0.05) is 0 Å². The molecule has 4 nitrogen and oxygen atoms in total. The summed E-state index contributed by atoms with van der Waals surface area (Å²) in [5.41, 5.74) is -0.549. The van der Waals surface area contributed by atoms with Gasteiger partial charge >= 0.3 is 5.97 Å². The molecule has 0 amide bonds. The van der Waals surface area contributed by atoms with Gasteiger partial charge in [0.05, 0.1) is 4.75 Å². The number of carbonyl (C=O) groups is 1. The van der Waals surface area contributed by atoms with Crippen molar-refractivity contribution in [2.75, 3.05) is 0 Å². The van der Waals surface area contributed by atoms with Crippen LogP contribution < -0.4 is 0 Å². The van der Waals surface area contributed by atoms with Crippen molar-refractivity contribution in [2.24, 2.45) is 4.40 Å². The number of rotatable bonds is 2. The Morgan fingerprint density at radius 1 is 1.20 bits per heavy atom. The summed E-state index contributed by atoms with van der Waals surface area (Å²) in [5, 5.41) is 0. The minimum absolute atomic E-state index is 0.460. The van der Waals surface area contributed by atoms with E-state index in [1.54, 1.807) is 41.5 Å². The van der Waals surface area contributed by atoms with Crippen molar-refractivity contribution in [1.29, 1.82) is 0 Å². The molecule has 0 aliphatic carbocycles. The van der Waals surface area contributed by atoms with Crippen molar-refractivity contribution < 1.29 is 13.7 Å². The second-order valence-corrected chi connectivity index (χ2v) is 7.06. The van der Waals surface area contributed by atoms with Gasteiger partial charge in [0.2, 0.25) is 0 Å². The highest BCUT2D eigenvalue weighted by atomic mass is 32.2. The highest BCUT2D eigenvalue weighted by Crippen LogP contribution is 2.12. The Morgan fingerprint density at radius 2 is 1.67 bits per heavy atom. The minimum Gasteiger partial charge on any atom is -0.456 e. The second-order valence-electron chi connectivity index (χ2n) is 5.13. The molecular formula is C10H19NO3S. The van der Waals surface area contributed by atoms with Crippen LogP contribution in [0.1, 0.15) is 41.5 Å². The maximum atomic E-state index is 11.4. The third-order valence-corrected chi connectivity index (χ3v) is 2.53. The summed E-state index contributed by atoms with van der Waals surface area (Å²) < 4.78 is 19.6. The van der Waals surface area contributed by atoms with Crippen LogP contribution in [0.15, 0.2) is 4.40 Å². The van der Waals surface area contributed by atoms with Crippen molar-refractivity contribution in [3.63, 3.8) is 0 Å². The smallest absolute Gasteiger partial charge is 0.350 e. The molecule has 0 heterocycles. The van der Waals surface area contributed by atoms with Gasteiger partial charge in [-0.3, -0.25) is 0 Å². The minimum atomic E-state index is -1.42. The highest BCUT2D eigenvalue weighted by Gasteiger charge is 2.19. The Balaban J connectivity index is 4.32. The van der Waals surface area contributed by atoms with Gasteiger partial charge in [-0.25, -0.2) is 9.00 Å². The number of nitrogens with zero attached hydrogens (tertiary/aromatic N) is 1. The fraction of sp³-hybridized carbons (Fsp3) is 0.800. The first-order valence-corrected chi connectivity index (χ1v) is 5.82. The molecule has 0 spiro atoms. The van der Waals surface area contributed by atoms with Gasteiger partial charge in [0.25, 0.3) is 0 Å². The predicted octanol–water partition coefficient (Wildman–Crippen LogP) is 1.86. The molecule has 0 saturated heterocycles. The van der Waals surface area contributed by atoms with Gasteiger partial charge in [-0.2, -0.15) is 4.40 Å². The van der Waals surface area contributed by atoms with E-state index in [0.717, 1.165) is 6.21 Å². The summed E-state index contributed by atoms with van der Waals surface area (Å²) in [6.45, 7) is 10.7. The molecule has 5 heteroatoms. The maximum absolute atomic E-state index is 11.4. The molecule has 0 fully saturated rings. The zero-order chi connectivity index (χ0) is 12.3. The highest BCUT2D eigenvalue weighted by molar-refractivity contribution is 7.85. The zero-order valence-electron chi connectivity index (χ0n) is 10.2. The Bertz CT molecular complexity index is 284. The van der Waals surface area contributed by atoms with E-state index in [9.17, 15) is 9.00 Å². The van der Waals surface area contributed by atoms with E-state index in [1.165, 1.54) is 0 Å². The quantitative estimate of drug-likeness (QED) is 0.540. The predicted molar refractivity (Wildman–Crippen MR) is 62.2 cm³/mol. The van der Waals surface area contributed by atoms with E-state index >= 15 is 0 Å². The molecule has 0 saturated carbocycles. The van der Waals surface area contributed by atoms with Crippen LogP contribution in [0.3, 0.4) is 0 Å². The molecule has 0 aromatic heterocycles. The van der Waals surface area contributed by atoms with E-state index in [0.29, 0.717) is 0 Å². The molecule has 0 bridgehead atoms. The van der Waals surface area contributed by atoms with Crippen LogP contribution in [-0.4, -0.2) is 26.7 Å². The first kappa shape index (κ1) is 14.3. The summed E-state index contributed by atoms with van der Waals surface area (Å²) in [4.78, 5) is 11.2. The van der Waals surface area contributed by atoms with Gasteiger partial charge < -0.3 is 4.74 Å². The summed E-state index contributed by atoms with van der Waals surface area (Å²) in [7, 11) is -1.42. The van der Waals surface area contributed by atoms with Gasteiger partial charge in [-0.15, -0.1) is 0 Å². The molecule has 1 atom stereocenters. The van der Waals surface area contributed by atoms with E-state index < -0.39 is 27.3 Å². The number of hydrogen-bond acceptors (Lipinski definition) is 3. The standard InChI is InChI=1S/C10H19NO3S/c1-9(2,3)14-8(12)7-11-15(13)10(4,5)6/h7H,1-6H3/b11-7+. The molecule has 0 rings (SSSR count). The van der Waals surface area contributed by atoms with E-state index in [1.807, 2.05) is 0 Å². The lowest BCUT2D eigenvalue weighted by atomic mass is 10.2. The molecule has 0 N–H and O–H groups in total. The van der Waals surface area contributed by atoms with Crippen LogP contribution in [0.5, 0.6) is 0 Å². The molecule has 15 heavy (non-hydrogen) atoms. The van der Waals surface area contributed by atoms with Gasteiger partial charge in [-0.1, -0.05) is 0 Å². The molecule has 0 radical (unpaired) electrons. The van der Waals surface area contributed by atoms with Crippen molar-refractivity contribution >= 4 is 23.2 Å². The fourth-order valence-corrected chi connectivity index (χ4v) is 1.08. The molecule has 0 aromatic carbocycles. The van der Waals surface area contributed by atoms with Crippen molar-refractivity contribution in [3.05, 3.63) is 0 Å². The summed E-state index contributed by atoms with van der Waals surface area (Å²) in [6.07, 6.45) is 0.979. The van der Waals surface area contributed by atoms with Gasteiger partial charge in [-0.05, 0) is 41.5 Å². The molecule has 0 aromatic rings.